The molecule has 1 aromatic carbocycles. The zero-order valence-corrected chi connectivity index (χ0v) is 16.2. The minimum Gasteiger partial charge on any atom is -0.480 e. The van der Waals surface area contributed by atoms with Crippen molar-refractivity contribution in [2.24, 2.45) is 0 Å². The van der Waals surface area contributed by atoms with Crippen molar-refractivity contribution in [3.05, 3.63) is 47.5 Å². The number of esters is 1. The Hall–Kier alpha value is -3.16. The van der Waals surface area contributed by atoms with Crippen LogP contribution in [0.1, 0.15) is 49.4 Å². The molecule has 0 aliphatic rings. The van der Waals surface area contributed by atoms with Gasteiger partial charge in [0.05, 0.1) is 12.7 Å². The van der Waals surface area contributed by atoms with Gasteiger partial charge in [0.1, 0.15) is 11.8 Å². The van der Waals surface area contributed by atoms with Gasteiger partial charge in [-0.25, -0.2) is 9.78 Å². The van der Waals surface area contributed by atoms with Crippen molar-refractivity contribution >= 4 is 17.8 Å². The Bertz CT molecular complexity index is 830. The zero-order valence-electron chi connectivity index (χ0n) is 16.2. The van der Waals surface area contributed by atoms with E-state index in [-0.39, 0.29) is 19.3 Å². The summed E-state index contributed by atoms with van der Waals surface area (Å²) >= 11 is 0. The van der Waals surface area contributed by atoms with E-state index in [4.69, 9.17) is 4.74 Å². The van der Waals surface area contributed by atoms with Crippen LogP contribution in [0.15, 0.2) is 30.7 Å². The van der Waals surface area contributed by atoms with Gasteiger partial charge in [-0.05, 0) is 30.0 Å². The number of imidazole rings is 1. The number of carbonyl (C=O) groups excluding carboxylic acids is 2. The second-order valence-electron chi connectivity index (χ2n) is 6.89. The summed E-state index contributed by atoms with van der Waals surface area (Å²) in [5, 5.41) is 11.7. The molecule has 8 nitrogen and oxygen atoms in total. The van der Waals surface area contributed by atoms with Crippen LogP contribution >= 0.6 is 0 Å². The number of ether oxygens (including phenoxy) is 1. The number of hydrogen-bond donors (Lipinski definition) is 3. The van der Waals surface area contributed by atoms with Crippen molar-refractivity contribution in [2.45, 2.75) is 52.0 Å². The smallest absolute Gasteiger partial charge is 0.326 e. The molecule has 1 atom stereocenters. The summed E-state index contributed by atoms with van der Waals surface area (Å²) in [6.45, 7) is 5.93. The number of nitrogens with one attached hydrogen (secondary N) is 2. The van der Waals surface area contributed by atoms with Gasteiger partial charge in [-0.15, -0.1) is 0 Å². The molecule has 0 fully saturated rings. The van der Waals surface area contributed by atoms with Gasteiger partial charge >= 0.3 is 11.9 Å². The summed E-state index contributed by atoms with van der Waals surface area (Å²) in [6, 6.07) is 4.59. The van der Waals surface area contributed by atoms with Crippen LogP contribution in [0, 0.1) is 6.92 Å². The molecule has 1 aromatic heterocycles. The van der Waals surface area contributed by atoms with Crippen molar-refractivity contribution in [3.63, 3.8) is 0 Å². The second-order valence-corrected chi connectivity index (χ2v) is 6.89. The summed E-state index contributed by atoms with van der Waals surface area (Å²) < 4.78 is 5.38. The number of nitrogens with zero attached hydrogens (tertiary/aromatic N) is 1. The van der Waals surface area contributed by atoms with E-state index in [1.54, 1.807) is 0 Å². The van der Waals surface area contributed by atoms with Crippen LogP contribution in [0.4, 0.5) is 0 Å². The van der Waals surface area contributed by atoms with Gasteiger partial charge in [0.25, 0.3) is 0 Å². The van der Waals surface area contributed by atoms with Crippen molar-refractivity contribution in [1.29, 1.82) is 0 Å². The number of carboxylic acids is 1. The molecule has 0 saturated heterocycles. The number of aryl methyl sites for hydroxylation is 1. The molecular formula is C20H25N3O5. The fourth-order valence-electron chi connectivity index (χ4n) is 2.56. The summed E-state index contributed by atoms with van der Waals surface area (Å²) in [5.41, 5.74) is 2.47. The molecule has 0 aliphatic heterocycles. The molecule has 8 heteroatoms. The number of H-pyrrole nitrogens is 1. The van der Waals surface area contributed by atoms with Crippen LogP contribution in [0.2, 0.25) is 0 Å². The number of carbonyl (C=O) groups is 3. The first kappa shape index (κ1) is 21.1. The lowest BCUT2D eigenvalue weighted by atomic mass is 10.0. The molecule has 1 heterocycles. The molecule has 0 bridgehead atoms. The van der Waals surface area contributed by atoms with Crippen LogP contribution in [-0.2, 0) is 20.8 Å². The molecule has 2 aromatic rings. The first-order valence-electron chi connectivity index (χ1n) is 9.07. The third kappa shape index (κ3) is 6.22. The Balaban J connectivity index is 1.87. The maximum atomic E-state index is 12.1. The molecule has 28 heavy (non-hydrogen) atoms. The van der Waals surface area contributed by atoms with Crippen LogP contribution in [-0.4, -0.2) is 39.0 Å². The van der Waals surface area contributed by atoms with E-state index in [9.17, 15) is 19.5 Å². The maximum absolute atomic E-state index is 12.1. The van der Waals surface area contributed by atoms with Gasteiger partial charge in [0.2, 0.25) is 5.91 Å². The molecule has 1 amide bonds. The second kappa shape index (κ2) is 9.68. The Morgan fingerprint density at radius 1 is 1.25 bits per heavy atom. The van der Waals surface area contributed by atoms with Crippen LogP contribution in [0.5, 0.6) is 5.75 Å². The Morgan fingerprint density at radius 2 is 2.00 bits per heavy atom. The fourth-order valence-corrected chi connectivity index (χ4v) is 2.56. The molecule has 0 saturated carbocycles. The number of amides is 1. The topological polar surface area (TPSA) is 121 Å². The normalized spacial score (nSPS) is 11.9. The molecule has 2 rings (SSSR count). The van der Waals surface area contributed by atoms with E-state index in [1.165, 1.54) is 12.5 Å². The monoisotopic (exact) mass is 387 g/mol. The Morgan fingerprint density at radius 3 is 2.61 bits per heavy atom. The van der Waals surface area contributed by atoms with Gasteiger partial charge in [0, 0.05) is 24.7 Å². The first-order valence-corrected chi connectivity index (χ1v) is 9.07. The predicted molar refractivity (Wildman–Crippen MR) is 102 cm³/mol. The first-order chi connectivity index (χ1) is 13.3. The quantitative estimate of drug-likeness (QED) is 0.448. The minimum atomic E-state index is -1.16. The third-order valence-corrected chi connectivity index (χ3v) is 4.27. The number of rotatable bonds is 9. The lowest BCUT2D eigenvalue weighted by Crippen LogP contribution is -2.42. The average molecular weight is 387 g/mol. The Kier molecular flexibility index (Phi) is 7.31. The van der Waals surface area contributed by atoms with Gasteiger partial charge < -0.3 is 20.1 Å². The highest BCUT2D eigenvalue weighted by atomic mass is 16.5. The average Bonchev–Trinajstić information content (AvgIpc) is 3.14. The number of aliphatic carboxylic acids is 1. The van der Waals surface area contributed by atoms with E-state index >= 15 is 0 Å². The molecule has 150 valence electrons. The number of aromatic nitrogens is 2. The van der Waals surface area contributed by atoms with E-state index in [2.05, 4.69) is 15.3 Å². The number of benzene rings is 1. The molecular weight excluding hydrogens is 362 g/mol. The number of carboxylic acid groups (broad SMARTS) is 1. The molecule has 0 spiro atoms. The van der Waals surface area contributed by atoms with Gasteiger partial charge in [0.15, 0.2) is 0 Å². The summed E-state index contributed by atoms with van der Waals surface area (Å²) in [4.78, 5) is 42.1. The lowest BCUT2D eigenvalue weighted by Gasteiger charge is -2.14. The van der Waals surface area contributed by atoms with Crippen LogP contribution < -0.4 is 10.1 Å². The molecule has 0 aliphatic carbocycles. The maximum Gasteiger partial charge on any atom is 0.326 e. The van der Waals surface area contributed by atoms with E-state index in [0.717, 1.165) is 11.1 Å². The largest absolute Gasteiger partial charge is 0.480 e. The minimum absolute atomic E-state index is 0.0761. The standard InChI is InChI=1S/C20H25N3O5/c1-12(2)14-5-4-13(3)17(8-14)28-19(25)7-6-18(24)23-16(20(26)27)9-15-10-21-11-22-15/h4-5,8,10-12,16H,6-7,9H2,1-3H3,(H,21,22)(H,23,24)(H,26,27)/t16-/m0/s1. The fraction of sp³-hybridized carbons (Fsp3) is 0.400. The molecule has 0 radical (unpaired) electrons. The lowest BCUT2D eigenvalue weighted by molar-refractivity contribution is -0.142. The van der Waals surface area contributed by atoms with E-state index in [0.29, 0.717) is 17.4 Å². The highest BCUT2D eigenvalue weighted by Crippen LogP contribution is 2.24. The molecule has 0 unspecified atom stereocenters. The predicted octanol–water partition coefficient (Wildman–Crippen LogP) is 2.34. The van der Waals surface area contributed by atoms with Crippen molar-refractivity contribution in [3.8, 4) is 5.75 Å². The van der Waals surface area contributed by atoms with Crippen molar-refractivity contribution in [1.82, 2.24) is 15.3 Å². The van der Waals surface area contributed by atoms with Crippen LogP contribution in [0.25, 0.3) is 0 Å². The van der Waals surface area contributed by atoms with E-state index in [1.807, 2.05) is 39.0 Å². The van der Waals surface area contributed by atoms with Crippen LogP contribution in [0.3, 0.4) is 0 Å². The SMILES string of the molecule is Cc1ccc(C(C)C)cc1OC(=O)CCC(=O)N[C@@H](Cc1cnc[nH]1)C(=O)O. The Labute approximate surface area is 163 Å². The summed E-state index contributed by atoms with van der Waals surface area (Å²) in [6.07, 6.45) is 2.70. The van der Waals surface area contributed by atoms with Crippen molar-refractivity contribution < 1.29 is 24.2 Å². The summed E-state index contributed by atoms with van der Waals surface area (Å²) in [7, 11) is 0. The van der Waals surface area contributed by atoms with E-state index < -0.39 is 23.9 Å². The highest BCUT2D eigenvalue weighted by molar-refractivity contribution is 5.86. The number of hydrogen-bond acceptors (Lipinski definition) is 5. The van der Waals surface area contributed by atoms with Gasteiger partial charge in [-0.1, -0.05) is 26.0 Å². The molecule has 3 N–H and O–H groups in total. The van der Waals surface area contributed by atoms with Gasteiger partial charge in [-0.2, -0.15) is 0 Å². The third-order valence-electron chi connectivity index (χ3n) is 4.27. The summed E-state index contributed by atoms with van der Waals surface area (Å²) in [5.74, 6) is -1.46. The number of aromatic amines is 1. The highest BCUT2D eigenvalue weighted by Gasteiger charge is 2.21. The van der Waals surface area contributed by atoms with Gasteiger partial charge in [-0.3, -0.25) is 9.59 Å². The van der Waals surface area contributed by atoms with Crippen molar-refractivity contribution in [2.75, 3.05) is 0 Å². The zero-order chi connectivity index (χ0) is 20.7.